The molecule has 1 N–H and O–H groups in total. The molecule has 0 radical (unpaired) electrons. The van der Waals surface area contributed by atoms with Gasteiger partial charge in [-0.3, -0.25) is 14.7 Å². The molecule has 3 rings (SSSR count). The van der Waals surface area contributed by atoms with Crippen LogP contribution in [-0.2, 0) is 21.2 Å². The van der Waals surface area contributed by atoms with Crippen LogP contribution in [0.1, 0.15) is 37.8 Å². The SMILES string of the molecule is CN(CCc1ccccn1)CC(=O)Nc1ccccc1S(=O)(=O)N(C)C1CCCCC1. The molecule has 0 spiro atoms. The number of likely N-dealkylation sites (N-methyl/N-ethyl adjacent to an activating group) is 1. The van der Waals surface area contributed by atoms with Gasteiger partial charge in [0.15, 0.2) is 0 Å². The van der Waals surface area contributed by atoms with Crippen molar-refractivity contribution in [2.75, 3.05) is 32.5 Å². The smallest absolute Gasteiger partial charge is 0.245 e. The minimum absolute atomic E-state index is 0.0141. The van der Waals surface area contributed by atoms with Crippen LogP contribution in [0.25, 0.3) is 0 Å². The number of rotatable bonds is 9. The van der Waals surface area contributed by atoms with Gasteiger partial charge in [0.1, 0.15) is 4.90 Å². The van der Waals surface area contributed by atoms with E-state index in [-0.39, 0.29) is 23.4 Å². The molecule has 1 amide bonds. The van der Waals surface area contributed by atoms with Gasteiger partial charge >= 0.3 is 0 Å². The molecule has 0 bridgehead atoms. The Morgan fingerprint density at radius 2 is 1.77 bits per heavy atom. The number of para-hydroxylation sites is 1. The van der Waals surface area contributed by atoms with Crippen molar-refractivity contribution in [2.45, 2.75) is 49.5 Å². The molecule has 1 aromatic carbocycles. The van der Waals surface area contributed by atoms with Gasteiger partial charge in [-0.1, -0.05) is 37.5 Å². The molecule has 168 valence electrons. The summed E-state index contributed by atoms with van der Waals surface area (Å²) >= 11 is 0. The van der Waals surface area contributed by atoms with E-state index >= 15 is 0 Å². The number of hydrogen-bond acceptors (Lipinski definition) is 5. The fourth-order valence-electron chi connectivity index (χ4n) is 3.96. The van der Waals surface area contributed by atoms with Crippen molar-refractivity contribution in [1.82, 2.24) is 14.2 Å². The zero-order valence-electron chi connectivity index (χ0n) is 18.3. The van der Waals surface area contributed by atoms with Crippen LogP contribution in [0, 0.1) is 0 Å². The lowest BCUT2D eigenvalue weighted by atomic mass is 9.96. The normalized spacial score (nSPS) is 15.4. The Kier molecular flexibility index (Phi) is 8.17. The molecule has 1 heterocycles. The summed E-state index contributed by atoms with van der Waals surface area (Å²) in [6, 6.07) is 12.4. The Morgan fingerprint density at radius 3 is 2.48 bits per heavy atom. The van der Waals surface area contributed by atoms with E-state index in [9.17, 15) is 13.2 Å². The molecular weight excluding hydrogens is 412 g/mol. The van der Waals surface area contributed by atoms with E-state index in [1.54, 1.807) is 37.5 Å². The van der Waals surface area contributed by atoms with Gasteiger partial charge in [0.25, 0.3) is 0 Å². The molecule has 0 aliphatic heterocycles. The van der Waals surface area contributed by atoms with Crippen LogP contribution >= 0.6 is 0 Å². The quantitative estimate of drug-likeness (QED) is 0.642. The fourth-order valence-corrected chi connectivity index (χ4v) is 5.52. The van der Waals surface area contributed by atoms with Crippen molar-refractivity contribution in [3.8, 4) is 0 Å². The summed E-state index contributed by atoms with van der Waals surface area (Å²) in [5.41, 5.74) is 1.30. The van der Waals surface area contributed by atoms with Crippen molar-refractivity contribution in [3.63, 3.8) is 0 Å². The number of nitrogens with zero attached hydrogens (tertiary/aromatic N) is 3. The van der Waals surface area contributed by atoms with E-state index in [4.69, 9.17) is 0 Å². The number of carbonyl (C=O) groups excluding carboxylic acids is 1. The third-order valence-electron chi connectivity index (χ3n) is 5.80. The Labute approximate surface area is 185 Å². The van der Waals surface area contributed by atoms with E-state index in [0.717, 1.165) is 44.2 Å². The van der Waals surface area contributed by atoms with Gasteiger partial charge in [-0.25, -0.2) is 8.42 Å². The lowest BCUT2D eigenvalue weighted by Gasteiger charge is -2.31. The maximum absolute atomic E-state index is 13.3. The number of aromatic nitrogens is 1. The van der Waals surface area contributed by atoms with Crippen LogP contribution in [0.4, 0.5) is 5.69 Å². The van der Waals surface area contributed by atoms with E-state index in [1.165, 1.54) is 4.31 Å². The van der Waals surface area contributed by atoms with Crippen LogP contribution in [0.5, 0.6) is 0 Å². The number of carbonyl (C=O) groups is 1. The van der Waals surface area contributed by atoms with Gasteiger partial charge in [0, 0.05) is 37.9 Å². The molecule has 31 heavy (non-hydrogen) atoms. The highest BCUT2D eigenvalue weighted by Gasteiger charge is 2.31. The van der Waals surface area contributed by atoms with E-state index in [1.807, 2.05) is 30.1 Å². The predicted octanol–water partition coefficient (Wildman–Crippen LogP) is 3.15. The molecule has 1 aliphatic carbocycles. The average Bonchev–Trinajstić information content (AvgIpc) is 2.78. The average molecular weight is 445 g/mol. The summed E-state index contributed by atoms with van der Waals surface area (Å²) in [5, 5.41) is 2.80. The maximum Gasteiger partial charge on any atom is 0.245 e. The lowest BCUT2D eigenvalue weighted by Crippen LogP contribution is -2.38. The Balaban J connectivity index is 1.63. The number of sulfonamides is 1. The minimum Gasteiger partial charge on any atom is -0.324 e. The van der Waals surface area contributed by atoms with Crippen LogP contribution in [0.15, 0.2) is 53.6 Å². The number of pyridine rings is 1. The molecule has 8 heteroatoms. The summed E-state index contributed by atoms with van der Waals surface area (Å²) < 4.78 is 28.0. The van der Waals surface area contributed by atoms with Gasteiger partial charge in [-0.15, -0.1) is 0 Å². The van der Waals surface area contributed by atoms with Crippen LogP contribution < -0.4 is 5.32 Å². The first kappa shape index (κ1) is 23.4. The molecule has 0 unspecified atom stereocenters. The highest BCUT2D eigenvalue weighted by molar-refractivity contribution is 7.89. The second kappa shape index (κ2) is 10.8. The van der Waals surface area contributed by atoms with Crippen molar-refractivity contribution in [3.05, 3.63) is 54.4 Å². The second-order valence-corrected chi connectivity index (χ2v) is 10.1. The van der Waals surface area contributed by atoms with Gasteiger partial charge < -0.3 is 5.32 Å². The van der Waals surface area contributed by atoms with E-state index in [0.29, 0.717) is 12.2 Å². The van der Waals surface area contributed by atoms with Gasteiger partial charge in [-0.2, -0.15) is 4.31 Å². The van der Waals surface area contributed by atoms with Gasteiger partial charge in [-0.05, 0) is 44.2 Å². The number of hydrogen-bond donors (Lipinski definition) is 1. The molecule has 1 aliphatic rings. The Morgan fingerprint density at radius 1 is 1.06 bits per heavy atom. The fraction of sp³-hybridized carbons (Fsp3) is 0.478. The molecule has 7 nitrogen and oxygen atoms in total. The second-order valence-electron chi connectivity index (χ2n) is 8.17. The summed E-state index contributed by atoms with van der Waals surface area (Å²) in [5.74, 6) is -0.244. The Bertz CT molecular complexity index is 960. The number of nitrogens with one attached hydrogen (secondary N) is 1. The first-order chi connectivity index (χ1) is 14.9. The number of benzene rings is 1. The standard InChI is InChI=1S/C23H32N4O3S/c1-26(17-15-19-10-8-9-16-24-19)18-23(28)25-21-13-6-7-14-22(21)31(29,30)27(2)20-11-4-3-5-12-20/h6-10,13-14,16,20H,3-5,11-12,15,17-18H2,1-2H3,(H,25,28). The maximum atomic E-state index is 13.3. The van der Waals surface area contributed by atoms with Crippen molar-refractivity contribution in [2.24, 2.45) is 0 Å². The highest BCUT2D eigenvalue weighted by atomic mass is 32.2. The summed E-state index contributed by atoms with van der Waals surface area (Å²) in [4.78, 5) is 18.9. The van der Waals surface area contributed by atoms with Crippen molar-refractivity contribution < 1.29 is 13.2 Å². The number of anilines is 1. The monoisotopic (exact) mass is 444 g/mol. The zero-order chi connectivity index (χ0) is 22.3. The van der Waals surface area contributed by atoms with E-state index < -0.39 is 10.0 Å². The van der Waals surface area contributed by atoms with Crippen molar-refractivity contribution in [1.29, 1.82) is 0 Å². The summed E-state index contributed by atoms with van der Waals surface area (Å²) in [6.45, 7) is 0.842. The lowest BCUT2D eigenvalue weighted by molar-refractivity contribution is -0.117. The molecule has 1 aromatic heterocycles. The van der Waals surface area contributed by atoms with Gasteiger partial charge in [0.2, 0.25) is 15.9 Å². The topological polar surface area (TPSA) is 82.6 Å². The third-order valence-corrected chi connectivity index (χ3v) is 7.76. The molecule has 1 saturated carbocycles. The first-order valence-electron chi connectivity index (χ1n) is 10.8. The summed E-state index contributed by atoms with van der Waals surface area (Å²) in [6.07, 6.45) is 7.51. The number of amides is 1. The van der Waals surface area contributed by atoms with Crippen molar-refractivity contribution >= 4 is 21.6 Å². The molecule has 0 saturated heterocycles. The Hall–Kier alpha value is -2.29. The van der Waals surface area contributed by atoms with Crippen LogP contribution in [-0.4, -0.2) is 61.7 Å². The summed E-state index contributed by atoms with van der Waals surface area (Å²) in [7, 11) is -0.182. The third kappa shape index (κ3) is 6.35. The molecule has 2 aromatic rings. The predicted molar refractivity (Wildman–Crippen MR) is 122 cm³/mol. The van der Waals surface area contributed by atoms with Gasteiger partial charge in [0.05, 0.1) is 12.2 Å². The molecule has 1 fully saturated rings. The minimum atomic E-state index is -3.69. The zero-order valence-corrected chi connectivity index (χ0v) is 19.1. The first-order valence-corrected chi connectivity index (χ1v) is 12.3. The van der Waals surface area contributed by atoms with Crippen LogP contribution in [0.2, 0.25) is 0 Å². The largest absolute Gasteiger partial charge is 0.324 e. The van der Waals surface area contributed by atoms with E-state index in [2.05, 4.69) is 10.3 Å². The highest BCUT2D eigenvalue weighted by Crippen LogP contribution is 2.29. The molecule has 0 atom stereocenters. The van der Waals surface area contributed by atoms with Crippen LogP contribution in [0.3, 0.4) is 0 Å². The molecular formula is C23H32N4O3S.